The van der Waals surface area contributed by atoms with Gasteiger partial charge in [-0.05, 0) is 54.2 Å². The highest BCUT2D eigenvalue weighted by atomic mass is 19.1. The van der Waals surface area contributed by atoms with Gasteiger partial charge in [-0.1, -0.05) is 60.7 Å². The summed E-state index contributed by atoms with van der Waals surface area (Å²) in [6.07, 6.45) is 1.91. The van der Waals surface area contributed by atoms with Crippen molar-refractivity contribution in [3.8, 4) is 11.1 Å². The van der Waals surface area contributed by atoms with Crippen molar-refractivity contribution in [3.63, 3.8) is 0 Å². The van der Waals surface area contributed by atoms with Crippen molar-refractivity contribution in [3.05, 3.63) is 95.8 Å². The van der Waals surface area contributed by atoms with Crippen molar-refractivity contribution >= 4 is 11.8 Å². The summed E-state index contributed by atoms with van der Waals surface area (Å²) in [6, 6.07) is 23.9. The van der Waals surface area contributed by atoms with E-state index in [2.05, 4.69) is 29.6 Å². The summed E-state index contributed by atoms with van der Waals surface area (Å²) in [5, 5.41) is 2.83. The maximum Gasteiger partial charge on any atom is 0.253 e. The molecule has 1 saturated heterocycles. The van der Waals surface area contributed by atoms with Gasteiger partial charge in [-0.2, -0.15) is 0 Å². The van der Waals surface area contributed by atoms with E-state index in [0.717, 1.165) is 16.7 Å². The summed E-state index contributed by atoms with van der Waals surface area (Å²) in [6.45, 7) is 0.847. The fourth-order valence-electron chi connectivity index (χ4n) is 4.72. The Balaban J connectivity index is 1.67. The van der Waals surface area contributed by atoms with Crippen LogP contribution in [0.1, 0.15) is 28.8 Å². The van der Waals surface area contributed by atoms with E-state index in [9.17, 15) is 14.0 Å². The molecule has 32 heavy (non-hydrogen) atoms. The van der Waals surface area contributed by atoms with Crippen LogP contribution in [-0.4, -0.2) is 36.9 Å². The number of amides is 2. The van der Waals surface area contributed by atoms with E-state index in [1.165, 1.54) is 18.2 Å². The Labute approximate surface area is 188 Å². The molecule has 4 nitrogen and oxygen atoms in total. The van der Waals surface area contributed by atoms with Crippen LogP contribution in [0.25, 0.3) is 11.1 Å². The Morgan fingerprint density at radius 2 is 1.75 bits per heavy atom. The van der Waals surface area contributed by atoms with Crippen molar-refractivity contribution in [2.24, 2.45) is 5.41 Å². The van der Waals surface area contributed by atoms with Gasteiger partial charge in [0.25, 0.3) is 5.91 Å². The van der Waals surface area contributed by atoms with Crippen LogP contribution >= 0.6 is 0 Å². The minimum absolute atomic E-state index is 0.0721. The number of nitrogens with zero attached hydrogens (tertiary/aromatic N) is 1. The third-order valence-electron chi connectivity index (χ3n) is 6.28. The molecule has 1 atom stereocenters. The summed E-state index contributed by atoms with van der Waals surface area (Å²) in [4.78, 5) is 28.0. The molecule has 0 spiro atoms. The monoisotopic (exact) mass is 430 g/mol. The van der Waals surface area contributed by atoms with Gasteiger partial charge in [-0.25, -0.2) is 4.39 Å². The average molecular weight is 431 g/mol. The minimum Gasteiger partial charge on any atom is -0.359 e. The first-order chi connectivity index (χ1) is 15.5. The molecule has 3 aromatic rings. The summed E-state index contributed by atoms with van der Waals surface area (Å²) in [5.41, 5.74) is 2.81. The minimum atomic E-state index is -0.749. The zero-order valence-corrected chi connectivity index (χ0v) is 18.2. The van der Waals surface area contributed by atoms with Crippen LogP contribution in [-0.2, 0) is 11.2 Å². The SMILES string of the molecule is CNC(=O)[C@@]1(Cc2ccccc2-c2ccccc2)CCCN(C(=O)c2cccc(F)c2)C1. The van der Waals surface area contributed by atoms with E-state index in [4.69, 9.17) is 0 Å². The summed E-state index contributed by atoms with van der Waals surface area (Å²) < 4.78 is 13.7. The van der Waals surface area contributed by atoms with Gasteiger partial charge in [-0.15, -0.1) is 0 Å². The van der Waals surface area contributed by atoms with Crippen LogP contribution in [0.2, 0.25) is 0 Å². The first-order valence-corrected chi connectivity index (χ1v) is 10.9. The molecule has 0 aliphatic carbocycles. The van der Waals surface area contributed by atoms with E-state index in [-0.39, 0.29) is 11.8 Å². The van der Waals surface area contributed by atoms with Crippen molar-refractivity contribution < 1.29 is 14.0 Å². The van der Waals surface area contributed by atoms with Crippen LogP contribution in [0.4, 0.5) is 4.39 Å². The van der Waals surface area contributed by atoms with Crippen LogP contribution in [0.3, 0.4) is 0 Å². The van der Waals surface area contributed by atoms with Gasteiger partial charge in [-0.3, -0.25) is 9.59 Å². The molecule has 0 bridgehead atoms. The second-order valence-electron chi connectivity index (χ2n) is 8.40. The van der Waals surface area contributed by atoms with Gasteiger partial charge in [0, 0.05) is 25.7 Å². The van der Waals surface area contributed by atoms with Crippen LogP contribution in [0, 0.1) is 11.2 Å². The summed E-state index contributed by atoms with van der Waals surface area (Å²) in [7, 11) is 1.64. The molecule has 164 valence electrons. The number of benzene rings is 3. The lowest BCUT2D eigenvalue weighted by atomic mass is 9.73. The molecule has 1 N–H and O–H groups in total. The molecule has 4 rings (SSSR count). The van der Waals surface area contributed by atoms with Crippen LogP contribution in [0.5, 0.6) is 0 Å². The molecular weight excluding hydrogens is 403 g/mol. The van der Waals surface area contributed by atoms with Gasteiger partial charge in [0.1, 0.15) is 5.82 Å². The fourth-order valence-corrected chi connectivity index (χ4v) is 4.72. The third-order valence-corrected chi connectivity index (χ3v) is 6.28. The lowest BCUT2D eigenvalue weighted by Crippen LogP contribution is -2.54. The number of piperidine rings is 1. The highest BCUT2D eigenvalue weighted by Gasteiger charge is 2.43. The van der Waals surface area contributed by atoms with E-state index in [0.29, 0.717) is 37.9 Å². The maximum absolute atomic E-state index is 13.7. The van der Waals surface area contributed by atoms with Gasteiger partial charge in [0.15, 0.2) is 0 Å². The molecule has 0 unspecified atom stereocenters. The number of halogens is 1. The molecule has 1 aliphatic heterocycles. The number of hydrogen-bond donors (Lipinski definition) is 1. The Morgan fingerprint density at radius 1 is 1.00 bits per heavy atom. The predicted octanol–water partition coefficient (Wildman–Crippen LogP) is 4.70. The van der Waals surface area contributed by atoms with E-state index in [1.54, 1.807) is 18.0 Å². The normalized spacial score (nSPS) is 18.2. The van der Waals surface area contributed by atoms with Crippen molar-refractivity contribution in [2.75, 3.05) is 20.1 Å². The van der Waals surface area contributed by atoms with E-state index < -0.39 is 11.2 Å². The van der Waals surface area contributed by atoms with Crippen molar-refractivity contribution in [1.29, 1.82) is 0 Å². The second-order valence-corrected chi connectivity index (χ2v) is 8.40. The molecular formula is C27H27FN2O2. The molecule has 5 heteroatoms. The second kappa shape index (κ2) is 9.35. The molecule has 1 heterocycles. The molecule has 1 fully saturated rings. The molecule has 0 radical (unpaired) electrons. The number of carbonyl (C=O) groups is 2. The molecule has 1 aliphatic rings. The number of likely N-dealkylation sites (tertiary alicyclic amines) is 1. The highest BCUT2D eigenvalue weighted by Crippen LogP contribution is 2.37. The fraction of sp³-hybridized carbons (Fsp3) is 0.259. The maximum atomic E-state index is 13.7. The molecule has 0 saturated carbocycles. The van der Waals surface area contributed by atoms with Gasteiger partial charge in [0.05, 0.1) is 5.41 Å². The smallest absolute Gasteiger partial charge is 0.253 e. The summed E-state index contributed by atoms with van der Waals surface area (Å²) >= 11 is 0. The first kappa shape index (κ1) is 21.8. The first-order valence-electron chi connectivity index (χ1n) is 10.9. The number of rotatable bonds is 5. The average Bonchev–Trinajstić information content (AvgIpc) is 2.84. The topological polar surface area (TPSA) is 49.4 Å². The standard InChI is InChI=1S/C27H27FN2O2/c1-29-26(32)27(18-22-11-5-6-14-24(22)20-9-3-2-4-10-20)15-8-16-30(19-27)25(31)21-12-7-13-23(28)17-21/h2-7,9-14,17H,8,15-16,18-19H2,1H3,(H,29,32)/t27-/m1/s1. The molecule has 0 aromatic heterocycles. The highest BCUT2D eigenvalue weighted by molar-refractivity contribution is 5.95. The third kappa shape index (κ3) is 4.42. The Bertz CT molecular complexity index is 1120. The van der Waals surface area contributed by atoms with Gasteiger partial charge < -0.3 is 10.2 Å². The Kier molecular flexibility index (Phi) is 6.35. The number of carbonyl (C=O) groups excluding carboxylic acids is 2. The van der Waals surface area contributed by atoms with Crippen LogP contribution < -0.4 is 5.32 Å². The lowest BCUT2D eigenvalue weighted by molar-refractivity contribution is -0.133. The predicted molar refractivity (Wildman–Crippen MR) is 124 cm³/mol. The van der Waals surface area contributed by atoms with E-state index in [1.807, 2.05) is 30.3 Å². The lowest BCUT2D eigenvalue weighted by Gasteiger charge is -2.42. The van der Waals surface area contributed by atoms with Crippen molar-refractivity contribution in [1.82, 2.24) is 10.2 Å². The van der Waals surface area contributed by atoms with E-state index >= 15 is 0 Å². The Hall–Kier alpha value is -3.47. The van der Waals surface area contributed by atoms with Gasteiger partial charge >= 0.3 is 0 Å². The zero-order valence-electron chi connectivity index (χ0n) is 18.2. The Morgan fingerprint density at radius 3 is 2.50 bits per heavy atom. The van der Waals surface area contributed by atoms with Crippen LogP contribution in [0.15, 0.2) is 78.9 Å². The molecule has 3 aromatic carbocycles. The zero-order chi connectivity index (χ0) is 22.6. The quantitative estimate of drug-likeness (QED) is 0.638. The largest absolute Gasteiger partial charge is 0.359 e. The van der Waals surface area contributed by atoms with Gasteiger partial charge in [0.2, 0.25) is 5.91 Å². The number of hydrogen-bond acceptors (Lipinski definition) is 2. The molecule has 2 amide bonds. The van der Waals surface area contributed by atoms with Crippen molar-refractivity contribution in [2.45, 2.75) is 19.3 Å². The number of nitrogens with one attached hydrogen (secondary N) is 1. The summed E-state index contributed by atoms with van der Waals surface area (Å²) in [5.74, 6) is -0.756.